The van der Waals surface area contributed by atoms with Gasteiger partial charge in [-0.1, -0.05) is 23.7 Å². The van der Waals surface area contributed by atoms with Crippen molar-refractivity contribution in [2.45, 2.75) is 13.0 Å². The molecule has 1 aromatic rings. The molecule has 0 bridgehead atoms. The third kappa shape index (κ3) is 3.20. The standard InChI is InChI=1S/C13H16ClNO2/c1-17-13(16)11-5-6-15(9-11)8-10-3-2-4-12(14)7-10/h2-4,7,11H,5-6,8-9H2,1H3. The molecule has 2 rings (SSSR count). The molecule has 0 amide bonds. The Morgan fingerprint density at radius 1 is 1.59 bits per heavy atom. The van der Waals surface area contributed by atoms with E-state index in [2.05, 4.69) is 11.0 Å². The van der Waals surface area contributed by atoms with Crippen molar-refractivity contribution in [2.75, 3.05) is 20.2 Å². The van der Waals surface area contributed by atoms with Gasteiger partial charge in [-0.3, -0.25) is 9.69 Å². The van der Waals surface area contributed by atoms with E-state index in [0.29, 0.717) is 0 Å². The van der Waals surface area contributed by atoms with Crippen molar-refractivity contribution in [1.82, 2.24) is 4.90 Å². The minimum absolute atomic E-state index is 0.0270. The van der Waals surface area contributed by atoms with Gasteiger partial charge in [-0.2, -0.15) is 0 Å². The third-order valence-corrected chi connectivity index (χ3v) is 3.34. The van der Waals surface area contributed by atoms with Crippen LogP contribution in [0.4, 0.5) is 0 Å². The Kier molecular flexibility index (Phi) is 4.02. The minimum Gasteiger partial charge on any atom is -0.469 e. The second-order valence-corrected chi connectivity index (χ2v) is 4.81. The lowest BCUT2D eigenvalue weighted by atomic mass is 10.1. The summed E-state index contributed by atoms with van der Waals surface area (Å²) in [5, 5.41) is 0.756. The zero-order valence-electron chi connectivity index (χ0n) is 9.86. The molecule has 1 aliphatic rings. The number of rotatable bonds is 3. The zero-order valence-corrected chi connectivity index (χ0v) is 10.6. The van der Waals surface area contributed by atoms with Crippen LogP contribution in [-0.4, -0.2) is 31.1 Å². The predicted molar refractivity (Wildman–Crippen MR) is 66.9 cm³/mol. The van der Waals surface area contributed by atoms with Crippen molar-refractivity contribution in [3.63, 3.8) is 0 Å². The van der Waals surface area contributed by atoms with Gasteiger partial charge in [0.1, 0.15) is 0 Å². The highest BCUT2D eigenvalue weighted by molar-refractivity contribution is 6.30. The molecule has 0 aliphatic carbocycles. The number of benzene rings is 1. The van der Waals surface area contributed by atoms with Crippen LogP contribution in [0.1, 0.15) is 12.0 Å². The van der Waals surface area contributed by atoms with Crippen LogP contribution in [0.3, 0.4) is 0 Å². The summed E-state index contributed by atoms with van der Waals surface area (Å²) in [4.78, 5) is 13.7. The zero-order chi connectivity index (χ0) is 12.3. The van der Waals surface area contributed by atoms with Crippen molar-refractivity contribution in [2.24, 2.45) is 5.92 Å². The van der Waals surface area contributed by atoms with Crippen LogP contribution >= 0.6 is 11.6 Å². The first-order chi connectivity index (χ1) is 8.19. The maximum atomic E-state index is 11.4. The highest BCUT2D eigenvalue weighted by Crippen LogP contribution is 2.20. The van der Waals surface area contributed by atoms with Crippen molar-refractivity contribution >= 4 is 17.6 Å². The van der Waals surface area contributed by atoms with Gasteiger partial charge in [-0.05, 0) is 30.7 Å². The normalized spacial score (nSPS) is 20.5. The smallest absolute Gasteiger partial charge is 0.310 e. The molecule has 0 saturated carbocycles. The Morgan fingerprint density at radius 2 is 2.41 bits per heavy atom. The number of esters is 1. The first-order valence-corrected chi connectivity index (χ1v) is 6.11. The maximum absolute atomic E-state index is 11.4. The molecular weight excluding hydrogens is 238 g/mol. The molecule has 1 aromatic carbocycles. The molecule has 3 nitrogen and oxygen atoms in total. The summed E-state index contributed by atoms with van der Waals surface area (Å²) in [6.45, 7) is 2.56. The van der Waals surface area contributed by atoms with Gasteiger partial charge in [-0.25, -0.2) is 0 Å². The highest BCUT2D eigenvalue weighted by Gasteiger charge is 2.28. The van der Waals surface area contributed by atoms with E-state index in [1.807, 2.05) is 18.2 Å². The largest absolute Gasteiger partial charge is 0.469 e. The fourth-order valence-corrected chi connectivity index (χ4v) is 2.44. The number of halogens is 1. The van der Waals surface area contributed by atoms with E-state index in [4.69, 9.17) is 16.3 Å². The summed E-state index contributed by atoms with van der Waals surface area (Å²) in [5.41, 5.74) is 1.18. The van der Waals surface area contributed by atoms with E-state index >= 15 is 0 Å². The number of methoxy groups -OCH3 is 1. The Hall–Kier alpha value is -1.06. The second-order valence-electron chi connectivity index (χ2n) is 4.37. The lowest BCUT2D eigenvalue weighted by Crippen LogP contribution is -2.23. The number of nitrogens with zero attached hydrogens (tertiary/aromatic N) is 1. The number of likely N-dealkylation sites (tertiary alicyclic amines) is 1. The number of hydrogen-bond donors (Lipinski definition) is 0. The molecule has 1 atom stereocenters. The lowest BCUT2D eigenvalue weighted by molar-refractivity contribution is -0.144. The maximum Gasteiger partial charge on any atom is 0.310 e. The van der Waals surface area contributed by atoms with Gasteiger partial charge in [0.25, 0.3) is 0 Å². The second kappa shape index (κ2) is 5.52. The molecule has 0 spiro atoms. The molecule has 0 N–H and O–H groups in total. The van der Waals surface area contributed by atoms with Crippen LogP contribution in [-0.2, 0) is 16.1 Å². The topological polar surface area (TPSA) is 29.5 Å². The van der Waals surface area contributed by atoms with Gasteiger partial charge < -0.3 is 4.74 Å². The van der Waals surface area contributed by atoms with Crippen molar-refractivity contribution in [3.05, 3.63) is 34.9 Å². The number of carbonyl (C=O) groups excluding carboxylic acids is 1. The van der Waals surface area contributed by atoms with Crippen molar-refractivity contribution in [1.29, 1.82) is 0 Å². The lowest BCUT2D eigenvalue weighted by Gasteiger charge is -2.15. The van der Waals surface area contributed by atoms with E-state index < -0.39 is 0 Å². The summed E-state index contributed by atoms with van der Waals surface area (Å²) in [6, 6.07) is 7.84. The molecule has 1 saturated heterocycles. The van der Waals surface area contributed by atoms with Crippen LogP contribution in [0.15, 0.2) is 24.3 Å². The SMILES string of the molecule is COC(=O)C1CCN(Cc2cccc(Cl)c2)C1. The summed E-state index contributed by atoms with van der Waals surface area (Å²) in [7, 11) is 1.45. The van der Waals surface area contributed by atoms with Gasteiger partial charge in [0, 0.05) is 18.1 Å². The fraction of sp³-hybridized carbons (Fsp3) is 0.462. The first kappa shape index (κ1) is 12.4. The van der Waals surface area contributed by atoms with Gasteiger partial charge in [0.2, 0.25) is 0 Å². The molecule has 1 fully saturated rings. The van der Waals surface area contributed by atoms with E-state index in [9.17, 15) is 4.79 Å². The Bertz CT molecular complexity index is 408. The van der Waals surface area contributed by atoms with Gasteiger partial charge >= 0.3 is 5.97 Å². The highest BCUT2D eigenvalue weighted by atomic mass is 35.5. The molecule has 0 radical (unpaired) electrons. The van der Waals surface area contributed by atoms with Crippen LogP contribution in [0.25, 0.3) is 0 Å². The minimum atomic E-state index is -0.0985. The summed E-state index contributed by atoms with van der Waals surface area (Å²) in [5.74, 6) is -0.0715. The molecule has 17 heavy (non-hydrogen) atoms. The molecular formula is C13H16ClNO2. The molecule has 4 heteroatoms. The Labute approximate surface area is 106 Å². The van der Waals surface area contributed by atoms with Crippen LogP contribution in [0.5, 0.6) is 0 Å². The van der Waals surface area contributed by atoms with E-state index in [1.165, 1.54) is 12.7 Å². The first-order valence-electron chi connectivity index (χ1n) is 5.73. The summed E-state index contributed by atoms with van der Waals surface area (Å²) >= 11 is 5.94. The Morgan fingerprint density at radius 3 is 3.12 bits per heavy atom. The summed E-state index contributed by atoms with van der Waals surface area (Å²) < 4.78 is 4.77. The predicted octanol–water partition coefficient (Wildman–Crippen LogP) is 2.33. The van der Waals surface area contributed by atoms with Gasteiger partial charge in [0.05, 0.1) is 13.0 Å². The Balaban J connectivity index is 1.92. The average Bonchev–Trinajstić information content (AvgIpc) is 2.76. The average molecular weight is 254 g/mol. The van der Waals surface area contributed by atoms with E-state index in [-0.39, 0.29) is 11.9 Å². The molecule has 92 valence electrons. The van der Waals surface area contributed by atoms with Gasteiger partial charge in [-0.15, -0.1) is 0 Å². The quantitative estimate of drug-likeness (QED) is 0.775. The van der Waals surface area contributed by atoms with Crippen LogP contribution < -0.4 is 0 Å². The molecule has 1 unspecified atom stereocenters. The van der Waals surface area contributed by atoms with Crippen LogP contribution in [0.2, 0.25) is 5.02 Å². The van der Waals surface area contributed by atoms with E-state index in [0.717, 1.165) is 31.1 Å². The van der Waals surface area contributed by atoms with Crippen LogP contribution in [0, 0.1) is 5.92 Å². The number of hydrogen-bond acceptors (Lipinski definition) is 3. The molecule has 1 aliphatic heterocycles. The van der Waals surface area contributed by atoms with Crippen molar-refractivity contribution in [3.8, 4) is 0 Å². The van der Waals surface area contributed by atoms with Gasteiger partial charge in [0.15, 0.2) is 0 Å². The number of carbonyl (C=O) groups is 1. The van der Waals surface area contributed by atoms with E-state index in [1.54, 1.807) is 0 Å². The fourth-order valence-electron chi connectivity index (χ4n) is 2.23. The summed E-state index contributed by atoms with van der Waals surface area (Å²) in [6.07, 6.45) is 0.882. The monoisotopic (exact) mass is 253 g/mol. The third-order valence-electron chi connectivity index (χ3n) is 3.10. The molecule has 1 heterocycles. The number of ether oxygens (including phenoxy) is 1. The van der Waals surface area contributed by atoms with Crippen molar-refractivity contribution < 1.29 is 9.53 Å². The molecule has 0 aromatic heterocycles.